The quantitative estimate of drug-likeness (QED) is 0.298. The fraction of sp³-hybridized carbons (Fsp3) is 0.739. The molecule has 0 amide bonds. The molecule has 2 saturated heterocycles. The molecule has 0 bridgehead atoms. The predicted molar refractivity (Wildman–Crippen MR) is 108 cm³/mol. The Balaban J connectivity index is 1.33. The predicted octanol–water partition coefficient (Wildman–Crippen LogP) is 5.97. The zero-order chi connectivity index (χ0) is 22.9. The van der Waals surface area contributed by atoms with Crippen molar-refractivity contribution in [2.75, 3.05) is 26.4 Å². The second-order valence-electron chi connectivity index (χ2n) is 8.45. The summed E-state index contributed by atoms with van der Waals surface area (Å²) in [6, 6.07) is 1.78. The fourth-order valence-corrected chi connectivity index (χ4v) is 3.97. The maximum atomic E-state index is 13.9. The molecule has 0 saturated carbocycles. The number of rotatable bonds is 11. The van der Waals surface area contributed by atoms with E-state index >= 15 is 0 Å². The molecule has 0 spiro atoms. The summed E-state index contributed by atoms with van der Waals surface area (Å²) in [6.45, 7) is 1.18. The van der Waals surface area contributed by atoms with E-state index in [4.69, 9.17) is 18.9 Å². The molecule has 0 unspecified atom stereocenters. The number of halogens is 4. The van der Waals surface area contributed by atoms with E-state index in [0.717, 1.165) is 57.5 Å². The van der Waals surface area contributed by atoms with E-state index in [1.54, 1.807) is 0 Å². The second kappa shape index (κ2) is 12.7. The van der Waals surface area contributed by atoms with E-state index in [0.29, 0.717) is 19.1 Å². The molecule has 1 aromatic carbocycles. The molecular weight excluding hydrogens is 432 g/mol. The zero-order valence-electron chi connectivity index (χ0n) is 18.4. The van der Waals surface area contributed by atoms with Gasteiger partial charge >= 0.3 is 6.61 Å². The Bertz CT molecular complexity index is 666. The number of hydrogen-bond donors (Lipinski definition) is 0. The van der Waals surface area contributed by atoms with Crippen LogP contribution in [-0.2, 0) is 18.9 Å². The van der Waals surface area contributed by atoms with Gasteiger partial charge in [0.25, 0.3) is 0 Å². The molecule has 2 heterocycles. The van der Waals surface area contributed by atoms with Crippen LogP contribution in [0.25, 0.3) is 0 Å². The van der Waals surface area contributed by atoms with Crippen molar-refractivity contribution < 1.29 is 41.2 Å². The lowest BCUT2D eigenvalue weighted by Gasteiger charge is -2.31. The van der Waals surface area contributed by atoms with Crippen LogP contribution >= 0.6 is 0 Å². The Hall–Kier alpha value is -1.42. The first kappa shape index (κ1) is 25.2. The molecule has 1 aromatic rings. The summed E-state index contributed by atoms with van der Waals surface area (Å²) in [6.07, 6.45) is 6.14. The monoisotopic (exact) mass is 464 g/mol. The third kappa shape index (κ3) is 7.57. The summed E-state index contributed by atoms with van der Waals surface area (Å²) in [5, 5.41) is 0. The highest BCUT2D eigenvalue weighted by molar-refractivity contribution is 5.32. The number of ether oxygens (including phenoxy) is 5. The maximum absolute atomic E-state index is 13.9. The largest absolute Gasteiger partial charge is 0.429 e. The van der Waals surface area contributed by atoms with Crippen molar-refractivity contribution in [1.82, 2.24) is 0 Å². The molecule has 5 nitrogen and oxygen atoms in total. The van der Waals surface area contributed by atoms with E-state index < -0.39 is 30.3 Å². The van der Waals surface area contributed by atoms with E-state index in [-0.39, 0.29) is 17.8 Å². The van der Waals surface area contributed by atoms with Gasteiger partial charge in [-0.25, -0.2) is 8.78 Å². The molecule has 2 aliphatic rings. The van der Waals surface area contributed by atoms with Crippen molar-refractivity contribution in [1.29, 1.82) is 0 Å². The van der Waals surface area contributed by atoms with Crippen LogP contribution in [0.2, 0.25) is 0 Å². The highest BCUT2D eigenvalue weighted by Gasteiger charge is 2.27. The molecule has 0 aromatic heterocycles. The van der Waals surface area contributed by atoms with Crippen molar-refractivity contribution in [3.8, 4) is 5.75 Å². The Morgan fingerprint density at radius 1 is 0.844 bits per heavy atom. The van der Waals surface area contributed by atoms with Gasteiger partial charge in [-0.2, -0.15) is 8.78 Å². The van der Waals surface area contributed by atoms with Crippen molar-refractivity contribution in [3.05, 3.63) is 29.3 Å². The van der Waals surface area contributed by atoms with Crippen molar-refractivity contribution in [2.45, 2.75) is 71.1 Å². The molecule has 2 aliphatic heterocycles. The summed E-state index contributed by atoms with van der Waals surface area (Å²) >= 11 is 0. The van der Waals surface area contributed by atoms with E-state index in [1.807, 2.05) is 0 Å². The highest BCUT2D eigenvalue weighted by Crippen LogP contribution is 2.32. The summed E-state index contributed by atoms with van der Waals surface area (Å²) in [5.74, 6) is -2.88. The Morgan fingerprint density at radius 2 is 1.38 bits per heavy atom. The first-order chi connectivity index (χ1) is 15.5. The SMILES string of the molecule is CCCCC1COC(CCCCC2COC(c3cc(F)c(OC(F)F)c(F)c3)OC2)OC1. The Morgan fingerprint density at radius 3 is 1.94 bits per heavy atom. The van der Waals surface area contributed by atoms with Gasteiger partial charge in [-0.3, -0.25) is 0 Å². The van der Waals surface area contributed by atoms with Crippen LogP contribution in [0.4, 0.5) is 17.6 Å². The van der Waals surface area contributed by atoms with Gasteiger partial charge < -0.3 is 23.7 Å². The van der Waals surface area contributed by atoms with Gasteiger partial charge in [-0.15, -0.1) is 0 Å². The van der Waals surface area contributed by atoms with Crippen LogP contribution in [0.3, 0.4) is 0 Å². The normalized spacial score (nSPS) is 26.4. The van der Waals surface area contributed by atoms with Gasteiger partial charge in [-0.1, -0.05) is 26.2 Å². The molecule has 32 heavy (non-hydrogen) atoms. The molecule has 9 heteroatoms. The van der Waals surface area contributed by atoms with E-state index in [1.165, 1.54) is 12.8 Å². The molecule has 0 N–H and O–H groups in total. The minimum atomic E-state index is -3.31. The fourth-order valence-electron chi connectivity index (χ4n) is 3.97. The second-order valence-corrected chi connectivity index (χ2v) is 8.45. The van der Waals surface area contributed by atoms with Crippen molar-refractivity contribution in [3.63, 3.8) is 0 Å². The Labute approximate surface area is 186 Å². The number of unbranched alkanes of at least 4 members (excludes halogenated alkanes) is 2. The van der Waals surface area contributed by atoms with Crippen LogP contribution in [0.5, 0.6) is 5.75 Å². The minimum Gasteiger partial charge on any atom is -0.429 e. The number of alkyl halides is 2. The van der Waals surface area contributed by atoms with Crippen LogP contribution in [0, 0.1) is 23.5 Å². The first-order valence-electron chi connectivity index (χ1n) is 11.4. The third-order valence-corrected chi connectivity index (χ3v) is 5.77. The van der Waals surface area contributed by atoms with Crippen LogP contribution in [0.15, 0.2) is 12.1 Å². The molecule has 3 rings (SSSR count). The summed E-state index contributed by atoms with van der Waals surface area (Å²) < 4.78 is 79.0. The molecule has 0 atom stereocenters. The summed E-state index contributed by atoms with van der Waals surface area (Å²) in [5.41, 5.74) is 0.0869. The summed E-state index contributed by atoms with van der Waals surface area (Å²) in [7, 11) is 0. The van der Waals surface area contributed by atoms with Crippen molar-refractivity contribution in [2.24, 2.45) is 11.8 Å². The molecule has 0 aliphatic carbocycles. The van der Waals surface area contributed by atoms with Gasteiger partial charge in [0.05, 0.1) is 26.4 Å². The van der Waals surface area contributed by atoms with Gasteiger partial charge in [0.15, 0.2) is 30.0 Å². The maximum Gasteiger partial charge on any atom is 0.387 e. The van der Waals surface area contributed by atoms with Gasteiger partial charge in [0, 0.05) is 17.4 Å². The highest BCUT2D eigenvalue weighted by atomic mass is 19.3. The first-order valence-corrected chi connectivity index (χ1v) is 11.4. The standard InChI is InChI=1S/C23H32F4O5/c1-2-3-6-15-11-28-20(29-12-15)8-5-4-7-16-13-30-22(31-14-16)17-9-18(24)21(19(25)10-17)32-23(26)27/h9-10,15-16,20,22-23H,2-8,11-14H2,1H3. The van der Waals surface area contributed by atoms with Crippen molar-refractivity contribution >= 4 is 0 Å². The minimum absolute atomic E-state index is 0.0869. The van der Waals surface area contributed by atoms with Gasteiger partial charge in [0.2, 0.25) is 0 Å². The van der Waals surface area contributed by atoms with E-state index in [9.17, 15) is 17.6 Å². The third-order valence-electron chi connectivity index (χ3n) is 5.77. The molecule has 0 radical (unpaired) electrons. The average Bonchev–Trinajstić information content (AvgIpc) is 2.78. The lowest BCUT2D eigenvalue weighted by atomic mass is 10.0. The van der Waals surface area contributed by atoms with Gasteiger partial charge in [-0.05, 0) is 37.8 Å². The number of hydrogen-bond acceptors (Lipinski definition) is 5. The Kier molecular flexibility index (Phi) is 10.0. The molecule has 182 valence electrons. The molecular formula is C23H32F4O5. The zero-order valence-corrected chi connectivity index (χ0v) is 18.4. The van der Waals surface area contributed by atoms with E-state index in [2.05, 4.69) is 11.7 Å². The summed E-state index contributed by atoms with van der Waals surface area (Å²) in [4.78, 5) is 0. The lowest BCUT2D eigenvalue weighted by Crippen LogP contribution is -2.32. The van der Waals surface area contributed by atoms with Gasteiger partial charge in [0.1, 0.15) is 0 Å². The lowest BCUT2D eigenvalue weighted by molar-refractivity contribution is -0.208. The van der Waals surface area contributed by atoms with Crippen LogP contribution < -0.4 is 4.74 Å². The molecule has 2 fully saturated rings. The smallest absolute Gasteiger partial charge is 0.387 e. The number of benzene rings is 1. The average molecular weight is 464 g/mol. The topological polar surface area (TPSA) is 46.2 Å². The van der Waals surface area contributed by atoms with Crippen LogP contribution in [0.1, 0.15) is 63.7 Å². The van der Waals surface area contributed by atoms with Crippen LogP contribution in [-0.4, -0.2) is 39.3 Å².